The van der Waals surface area contributed by atoms with Crippen molar-refractivity contribution in [3.05, 3.63) is 65.3 Å². The Morgan fingerprint density at radius 3 is 2.62 bits per heavy atom. The molecule has 0 radical (unpaired) electrons. The zero-order valence-corrected chi connectivity index (χ0v) is 11.8. The third-order valence-corrected chi connectivity index (χ3v) is 3.45. The number of hydrogen-bond acceptors (Lipinski definition) is 3. The number of pyridine rings is 1. The zero-order chi connectivity index (χ0) is 14.8. The summed E-state index contributed by atoms with van der Waals surface area (Å²) < 4.78 is 0. The highest BCUT2D eigenvalue weighted by molar-refractivity contribution is 6.33. The molecular formula is C16H12ClN3O. The molecule has 21 heavy (non-hydrogen) atoms. The van der Waals surface area contributed by atoms with Gasteiger partial charge in [-0.15, -0.1) is 0 Å². The lowest BCUT2D eigenvalue weighted by Gasteiger charge is -2.08. The first-order valence-corrected chi connectivity index (χ1v) is 6.74. The molecule has 4 nitrogen and oxygen atoms in total. The van der Waals surface area contributed by atoms with Crippen LogP contribution in [0.4, 0.5) is 11.5 Å². The standard InChI is InChI=1S/C16H12ClN3O/c17-12-7-3-4-8-13(12)20-16(21)14-9-10-5-1-2-6-11(10)15(18)19-14/h1-9H,(H2,18,19)(H,20,21). The first kappa shape index (κ1) is 13.4. The summed E-state index contributed by atoms with van der Waals surface area (Å²) in [5.74, 6) is -0.0158. The molecule has 0 atom stereocenters. The van der Waals surface area contributed by atoms with E-state index in [1.165, 1.54) is 0 Å². The molecule has 1 aromatic heterocycles. The van der Waals surface area contributed by atoms with Gasteiger partial charge in [-0.1, -0.05) is 48.0 Å². The van der Waals surface area contributed by atoms with Gasteiger partial charge in [0.05, 0.1) is 10.7 Å². The van der Waals surface area contributed by atoms with Crippen molar-refractivity contribution in [3.8, 4) is 0 Å². The molecule has 0 aliphatic heterocycles. The minimum absolute atomic E-state index is 0.256. The maximum atomic E-state index is 12.3. The number of aromatic nitrogens is 1. The van der Waals surface area contributed by atoms with Gasteiger partial charge >= 0.3 is 0 Å². The molecule has 0 aliphatic carbocycles. The normalized spacial score (nSPS) is 10.5. The third kappa shape index (κ3) is 2.66. The molecule has 104 valence electrons. The quantitative estimate of drug-likeness (QED) is 0.757. The van der Waals surface area contributed by atoms with Crippen LogP contribution in [0.25, 0.3) is 10.8 Å². The van der Waals surface area contributed by atoms with Crippen LogP contribution >= 0.6 is 11.6 Å². The molecular weight excluding hydrogens is 286 g/mol. The Kier molecular flexibility index (Phi) is 3.46. The van der Waals surface area contributed by atoms with Gasteiger partial charge < -0.3 is 11.1 Å². The maximum absolute atomic E-state index is 12.3. The lowest BCUT2D eigenvalue weighted by Crippen LogP contribution is -2.14. The summed E-state index contributed by atoms with van der Waals surface area (Å²) in [7, 11) is 0. The second-order valence-corrected chi connectivity index (χ2v) is 4.96. The molecule has 5 heteroatoms. The number of benzene rings is 2. The van der Waals surface area contributed by atoms with Gasteiger partial charge in [0.2, 0.25) is 0 Å². The summed E-state index contributed by atoms with van der Waals surface area (Å²) >= 11 is 6.02. The lowest BCUT2D eigenvalue weighted by molar-refractivity contribution is 0.102. The van der Waals surface area contributed by atoms with Crippen molar-refractivity contribution in [2.45, 2.75) is 0 Å². The topological polar surface area (TPSA) is 68.0 Å². The zero-order valence-electron chi connectivity index (χ0n) is 11.0. The van der Waals surface area contributed by atoms with Gasteiger partial charge in [-0.3, -0.25) is 4.79 Å². The van der Waals surface area contributed by atoms with Crippen LogP contribution in [0.15, 0.2) is 54.6 Å². The fourth-order valence-corrected chi connectivity index (χ4v) is 2.27. The number of amides is 1. The highest BCUT2D eigenvalue weighted by Crippen LogP contribution is 2.23. The molecule has 3 aromatic rings. The fraction of sp³-hybridized carbons (Fsp3) is 0. The number of fused-ring (bicyclic) bond motifs is 1. The summed E-state index contributed by atoms with van der Waals surface area (Å²) in [5, 5.41) is 4.90. The monoisotopic (exact) mass is 297 g/mol. The van der Waals surface area contributed by atoms with E-state index in [1.807, 2.05) is 24.3 Å². The number of nitrogen functional groups attached to an aromatic ring is 1. The number of nitrogens with zero attached hydrogens (tertiary/aromatic N) is 1. The van der Waals surface area contributed by atoms with Crippen molar-refractivity contribution in [1.29, 1.82) is 0 Å². The van der Waals surface area contributed by atoms with E-state index in [0.29, 0.717) is 16.5 Å². The second-order valence-electron chi connectivity index (χ2n) is 4.55. The molecule has 0 aliphatic rings. The Hall–Kier alpha value is -2.59. The average molecular weight is 298 g/mol. The number of nitrogens with two attached hydrogens (primary N) is 1. The number of rotatable bonds is 2. The summed E-state index contributed by atoms with van der Waals surface area (Å²) in [6, 6.07) is 16.3. The van der Waals surface area contributed by atoms with Crippen LogP contribution in [0.2, 0.25) is 5.02 Å². The molecule has 3 N–H and O–H groups in total. The molecule has 1 amide bonds. The Bertz CT molecular complexity index is 833. The summed E-state index contributed by atoms with van der Waals surface area (Å²) in [6.45, 7) is 0. The van der Waals surface area contributed by atoms with E-state index in [9.17, 15) is 4.79 Å². The highest BCUT2D eigenvalue weighted by Gasteiger charge is 2.12. The average Bonchev–Trinajstić information content (AvgIpc) is 2.49. The summed E-state index contributed by atoms with van der Waals surface area (Å²) in [6.07, 6.45) is 0. The molecule has 0 saturated carbocycles. The number of carbonyl (C=O) groups excluding carboxylic acids is 1. The number of nitrogens with one attached hydrogen (secondary N) is 1. The molecule has 0 saturated heterocycles. The van der Waals surface area contributed by atoms with Crippen molar-refractivity contribution in [1.82, 2.24) is 4.98 Å². The minimum Gasteiger partial charge on any atom is -0.383 e. The lowest BCUT2D eigenvalue weighted by atomic mass is 10.1. The Labute approximate surface area is 126 Å². The van der Waals surface area contributed by atoms with Gasteiger partial charge in [-0.25, -0.2) is 4.98 Å². The first-order valence-electron chi connectivity index (χ1n) is 6.36. The highest BCUT2D eigenvalue weighted by atomic mass is 35.5. The van der Waals surface area contributed by atoms with E-state index in [2.05, 4.69) is 10.3 Å². The van der Waals surface area contributed by atoms with Crippen molar-refractivity contribution in [2.75, 3.05) is 11.1 Å². The van der Waals surface area contributed by atoms with Crippen LogP contribution in [-0.2, 0) is 0 Å². The van der Waals surface area contributed by atoms with Crippen LogP contribution < -0.4 is 11.1 Å². The van der Waals surface area contributed by atoms with Crippen LogP contribution in [0.1, 0.15) is 10.5 Å². The van der Waals surface area contributed by atoms with Crippen molar-refractivity contribution in [3.63, 3.8) is 0 Å². The van der Waals surface area contributed by atoms with Gasteiger partial charge in [0, 0.05) is 5.39 Å². The molecule has 3 rings (SSSR count). The van der Waals surface area contributed by atoms with Gasteiger partial charge in [-0.05, 0) is 23.6 Å². The SMILES string of the molecule is Nc1nc(C(=O)Nc2ccccc2Cl)cc2ccccc12. The fourth-order valence-electron chi connectivity index (χ4n) is 2.09. The van der Waals surface area contributed by atoms with Gasteiger partial charge in [0.25, 0.3) is 5.91 Å². The smallest absolute Gasteiger partial charge is 0.274 e. The van der Waals surface area contributed by atoms with E-state index in [0.717, 1.165) is 10.8 Å². The van der Waals surface area contributed by atoms with Crippen LogP contribution in [0.5, 0.6) is 0 Å². The molecule has 1 heterocycles. The van der Waals surface area contributed by atoms with Crippen LogP contribution in [0.3, 0.4) is 0 Å². The molecule has 0 bridgehead atoms. The molecule has 0 spiro atoms. The Morgan fingerprint density at radius 2 is 1.81 bits per heavy atom. The van der Waals surface area contributed by atoms with Crippen molar-refractivity contribution < 1.29 is 4.79 Å². The number of carbonyl (C=O) groups is 1. The molecule has 2 aromatic carbocycles. The van der Waals surface area contributed by atoms with Crippen LogP contribution in [0, 0.1) is 0 Å². The summed E-state index contributed by atoms with van der Waals surface area (Å²) in [4.78, 5) is 16.4. The van der Waals surface area contributed by atoms with E-state index < -0.39 is 0 Å². The third-order valence-electron chi connectivity index (χ3n) is 3.12. The predicted molar refractivity (Wildman–Crippen MR) is 85.6 cm³/mol. The maximum Gasteiger partial charge on any atom is 0.274 e. The molecule has 0 unspecified atom stereocenters. The number of halogens is 1. The van der Waals surface area contributed by atoms with E-state index in [-0.39, 0.29) is 11.6 Å². The number of hydrogen-bond donors (Lipinski definition) is 2. The molecule has 0 fully saturated rings. The first-order chi connectivity index (χ1) is 10.1. The number of anilines is 2. The van der Waals surface area contributed by atoms with E-state index >= 15 is 0 Å². The summed E-state index contributed by atoms with van der Waals surface area (Å²) in [5.41, 5.74) is 6.70. The number of para-hydroxylation sites is 1. The van der Waals surface area contributed by atoms with Gasteiger partial charge in [0.15, 0.2) is 0 Å². The van der Waals surface area contributed by atoms with Gasteiger partial charge in [0.1, 0.15) is 11.5 Å². The van der Waals surface area contributed by atoms with Crippen molar-refractivity contribution >= 4 is 39.8 Å². The predicted octanol–water partition coefficient (Wildman–Crippen LogP) is 3.72. The minimum atomic E-state index is -0.347. The van der Waals surface area contributed by atoms with Gasteiger partial charge in [-0.2, -0.15) is 0 Å². The largest absolute Gasteiger partial charge is 0.383 e. The van der Waals surface area contributed by atoms with E-state index in [1.54, 1.807) is 30.3 Å². The van der Waals surface area contributed by atoms with Crippen molar-refractivity contribution in [2.24, 2.45) is 0 Å². The second kappa shape index (κ2) is 5.42. The Balaban J connectivity index is 1.97. The Morgan fingerprint density at radius 1 is 1.10 bits per heavy atom. The van der Waals surface area contributed by atoms with E-state index in [4.69, 9.17) is 17.3 Å². The van der Waals surface area contributed by atoms with Crippen LogP contribution in [-0.4, -0.2) is 10.9 Å².